The monoisotopic (exact) mass is 249 g/mol. The van der Waals surface area contributed by atoms with Gasteiger partial charge >= 0.3 is 0 Å². The van der Waals surface area contributed by atoms with E-state index in [1.165, 1.54) is 12.1 Å². The minimum absolute atomic E-state index is 0.362. The van der Waals surface area contributed by atoms with Crippen LogP contribution in [0.4, 0.5) is 26.0 Å². The Morgan fingerprint density at radius 1 is 1.06 bits per heavy atom. The SMILES string of the molecule is CCNc1cc(Nc2cc(F)cc(F)c2)ccn1. The third-order valence-corrected chi connectivity index (χ3v) is 2.27. The topological polar surface area (TPSA) is 37.0 Å². The molecule has 0 unspecified atom stereocenters. The summed E-state index contributed by atoms with van der Waals surface area (Å²) in [5, 5.41) is 5.98. The van der Waals surface area contributed by atoms with Crippen molar-refractivity contribution in [3.63, 3.8) is 0 Å². The molecule has 0 saturated carbocycles. The molecule has 2 rings (SSSR count). The smallest absolute Gasteiger partial charge is 0.128 e. The van der Waals surface area contributed by atoms with Crippen molar-refractivity contribution in [1.29, 1.82) is 0 Å². The molecular formula is C13H13F2N3. The lowest BCUT2D eigenvalue weighted by molar-refractivity contribution is 0.584. The van der Waals surface area contributed by atoms with Crippen LogP contribution in [0, 0.1) is 11.6 Å². The number of nitrogens with one attached hydrogen (secondary N) is 2. The van der Waals surface area contributed by atoms with Crippen molar-refractivity contribution in [2.24, 2.45) is 0 Å². The predicted octanol–water partition coefficient (Wildman–Crippen LogP) is 3.54. The third kappa shape index (κ3) is 3.16. The van der Waals surface area contributed by atoms with Crippen molar-refractivity contribution >= 4 is 17.2 Å². The summed E-state index contributed by atoms with van der Waals surface area (Å²) < 4.78 is 26.1. The zero-order valence-electron chi connectivity index (χ0n) is 9.87. The van der Waals surface area contributed by atoms with Gasteiger partial charge in [0.2, 0.25) is 0 Å². The summed E-state index contributed by atoms with van der Waals surface area (Å²) in [6.07, 6.45) is 1.62. The first-order valence-electron chi connectivity index (χ1n) is 5.60. The summed E-state index contributed by atoms with van der Waals surface area (Å²) in [4.78, 5) is 4.11. The Morgan fingerprint density at radius 3 is 2.44 bits per heavy atom. The van der Waals surface area contributed by atoms with E-state index in [0.717, 1.165) is 12.6 Å². The first-order valence-corrected chi connectivity index (χ1v) is 5.60. The van der Waals surface area contributed by atoms with E-state index in [9.17, 15) is 8.78 Å². The summed E-state index contributed by atoms with van der Waals surface area (Å²) in [5.74, 6) is -0.517. The number of nitrogens with zero attached hydrogens (tertiary/aromatic N) is 1. The summed E-state index contributed by atoms with van der Waals surface area (Å²) in [7, 11) is 0. The van der Waals surface area contributed by atoms with Crippen LogP contribution in [-0.4, -0.2) is 11.5 Å². The van der Waals surface area contributed by atoms with E-state index < -0.39 is 11.6 Å². The van der Waals surface area contributed by atoms with Gasteiger partial charge < -0.3 is 10.6 Å². The highest BCUT2D eigenvalue weighted by atomic mass is 19.1. The Bertz CT molecular complexity index is 523. The van der Waals surface area contributed by atoms with Gasteiger partial charge in [-0.3, -0.25) is 0 Å². The van der Waals surface area contributed by atoms with Gasteiger partial charge in [-0.05, 0) is 25.1 Å². The van der Waals surface area contributed by atoms with E-state index in [4.69, 9.17) is 0 Å². The van der Waals surface area contributed by atoms with Crippen LogP contribution in [-0.2, 0) is 0 Å². The van der Waals surface area contributed by atoms with E-state index in [1.54, 1.807) is 18.3 Å². The number of rotatable bonds is 4. The van der Waals surface area contributed by atoms with Crippen LogP contribution in [0.5, 0.6) is 0 Å². The van der Waals surface area contributed by atoms with Crippen molar-refractivity contribution in [1.82, 2.24) is 4.98 Å². The second-order valence-corrected chi connectivity index (χ2v) is 3.74. The molecule has 0 fully saturated rings. The van der Waals surface area contributed by atoms with Gasteiger partial charge in [-0.2, -0.15) is 0 Å². The molecule has 0 spiro atoms. The minimum Gasteiger partial charge on any atom is -0.370 e. The lowest BCUT2D eigenvalue weighted by atomic mass is 10.3. The first-order chi connectivity index (χ1) is 8.67. The van der Waals surface area contributed by atoms with Gasteiger partial charge in [0.1, 0.15) is 17.5 Å². The Balaban J connectivity index is 2.20. The maximum atomic E-state index is 13.0. The Labute approximate surface area is 104 Å². The molecule has 0 saturated heterocycles. The second kappa shape index (κ2) is 5.44. The normalized spacial score (nSPS) is 10.2. The van der Waals surface area contributed by atoms with Gasteiger partial charge in [-0.25, -0.2) is 13.8 Å². The Hall–Kier alpha value is -2.17. The van der Waals surface area contributed by atoms with Gasteiger partial charge in [-0.1, -0.05) is 0 Å². The van der Waals surface area contributed by atoms with Gasteiger partial charge in [0, 0.05) is 36.2 Å². The van der Waals surface area contributed by atoms with Crippen LogP contribution in [0.3, 0.4) is 0 Å². The van der Waals surface area contributed by atoms with E-state index in [0.29, 0.717) is 17.2 Å². The summed E-state index contributed by atoms with van der Waals surface area (Å²) in [6.45, 7) is 2.72. The maximum Gasteiger partial charge on any atom is 0.128 e. The van der Waals surface area contributed by atoms with Crippen molar-refractivity contribution in [2.75, 3.05) is 17.2 Å². The predicted molar refractivity (Wildman–Crippen MR) is 68.0 cm³/mol. The Kier molecular flexibility index (Phi) is 3.72. The summed E-state index contributed by atoms with van der Waals surface area (Å²) in [5.41, 5.74) is 1.08. The van der Waals surface area contributed by atoms with Crippen LogP contribution in [0.1, 0.15) is 6.92 Å². The maximum absolute atomic E-state index is 13.0. The average Bonchev–Trinajstić information content (AvgIpc) is 2.28. The molecule has 0 radical (unpaired) electrons. The van der Waals surface area contributed by atoms with E-state index in [2.05, 4.69) is 15.6 Å². The third-order valence-electron chi connectivity index (χ3n) is 2.27. The number of anilines is 3. The molecule has 1 aromatic heterocycles. The number of pyridine rings is 1. The lowest BCUT2D eigenvalue weighted by Crippen LogP contribution is -2.00. The zero-order chi connectivity index (χ0) is 13.0. The molecule has 0 bridgehead atoms. The van der Waals surface area contributed by atoms with Gasteiger partial charge in [0.05, 0.1) is 0 Å². The van der Waals surface area contributed by atoms with Crippen molar-refractivity contribution in [2.45, 2.75) is 6.92 Å². The molecule has 3 nitrogen and oxygen atoms in total. The second-order valence-electron chi connectivity index (χ2n) is 3.74. The zero-order valence-corrected chi connectivity index (χ0v) is 9.87. The molecule has 1 aromatic carbocycles. The number of hydrogen-bond acceptors (Lipinski definition) is 3. The van der Waals surface area contributed by atoms with Crippen LogP contribution in [0.2, 0.25) is 0 Å². The highest BCUT2D eigenvalue weighted by Crippen LogP contribution is 2.20. The average molecular weight is 249 g/mol. The molecule has 1 heterocycles. The van der Waals surface area contributed by atoms with E-state index >= 15 is 0 Å². The lowest BCUT2D eigenvalue weighted by Gasteiger charge is -2.08. The number of hydrogen-bond donors (Lipinski definition) is 2. The van der Waals surface area contributed by atoms with E-state index in [1.807, 2.05) is 6.92 Å². The van der Waals surface area contributed by atoms with Crippen molar-refractivity contribution in [3.05, 3.63) is 48.2 Å². The minimum atomic E-state index is -0.613. The number of aromatic nitrogens is 1. The summed E-state index contributed by atoms with van der Waals surface area (Å²) in [6, 6.07) is 6.80. The van der Waals surface area contributed by atoms with Gasteiger partial charge in [0.15, 0.2) is 0 Å². The van der Waals surface area contributed by atoms with Crippen molar-refractivity contribution < 1.29 is 8.78 Å². The molecular weight excluding hydrogens is 236 g/mol. The highest BCUT2D eigenvalue weighted by molar-refractivity contribution is 5.62. The van der Waals surface area contributed by atoms with Crippen LogP contribution in [0.25, 0.3) is 0 Å². The fourth-order valence-corrected chi connectivity index (χ4v) is 1.58. The van der Waals surface area contributed by atoms with Crippen LogP contribution in [0.15, 0.2) is 36.5 Å². The fourth-order valence-electron chi connectivity index (χ4n) is 1.58. The molecule has 2 aromatic rings. The molecule has 5 heteroatoms. The van der Waals surface area contributed by atoms with Gasteiger partial charge in [0.25, 0.3) is 0 Å². The molecule has 0 aliphatic carbocycles. The van der Waals surface area contributed by atoms with Crippen molar-refractivity contribution in [3.8, 4) is 0 Å². The molecule has 0 amide bonds. The highest BCUT2D eigenvalue weighted by Gasteiger charge is 2.02. The molecule has 0 atom stereocenters. The standard InChI is InChI=1S/C13H13F2N3/c1-2-16-13-8-11(3-4-17-13)18-12-6-9(14)5-10(15)7-12/h3-8H,2H2,1H3,(H2,16,17,18). The van der Waals surface area contributed by atoms with Crippen LogP contribution < -0.4 is 10.6 Å². The molecule has 0 aliphatic rings. The molecule has 94 valence electrons. The van der Waals surface area contributed by atoms with E-state index in [-0.39, 0.29) is 0 Å². The molecule has 0 aliphatic heterocycles. The fraction of sp³-hybridized carbons (Fsp3) is 0.154. The summed E-state index contributed by atoms with van der Waals surface area (Å²) >= 11 is 0. The number of halogens is 2. The Morgan fingerprint density at radius 2 is 1.78 bits per heavy atom. The molecule has 2 N–H and O–H groups in total. The largest absolute Gasteiger partial charge is 0.370 e. The quantitative estimate of drug-likeness (QED) is 0.870. The first kappa shape index (κ1) is 12.3. The molecule has 18 heavy (non-hydrogen) atoms. The number of benzene rings is 1. The van der Waals surface area contributed by atoms with Crippen LogP contribution >= 0.6 is 0 Å². The van der Waals surface area contributed by atoms with Gasteiger partial charge in [-0.15, -0.1) is 0 Å².